The minimum atomic E-state index is -0.316. The third-order valence-corrected chi connectivity index (χ3v) is 4.39. The van der Waals surface area contributed by atoms with Gasteiger partial charge in [-0.15, -0.1) is 10.2 Å². The number of hydrogen-bond acceptors (Lipinski definition) is 5. The number of ether oxygens (including phenoxy) is 1. The Kier molecular flexibility index (Phi) is 3.72. The first-order valence-corrected chi connectivity index (χ1v) is 8.34. The van der Waals surface area contributed by atoms with Crippen molar-refractivity contribution in [1.29, 1.82) is 0 Å². The fourth-order valence-corrected chi connectivity index (χ4v) is 3.06. The molecule has 0 atom stereocenters. The molecule has 0 saturated heterocycles. The standard InChI is InChI=1S/C15H14BrN5O3/c16-8-3-10(14-11(4-8)24-6-13(22)19-14)15(23)17-5-12-20-18-7-21(12)9-1-2-9/h3-4,7,9H,1-2,5-6H2,(H,17,23)(H,19,22). The largest absolute Gasteiger partial charge is 0.482 e. The van der Waals surface area contributed by atoms with Gasteiger partial charge in [0.25, 0.3) is 11.8 Å². The van der Waals surface area contributed by atoms with Gasteiger partial charge < -0.3 is 19.9 Å². The summed E-state index contributed by atoms with van der Waals surface area (Å²) in [5.41, 5.74) is 0.723. The van der Waals surface area contributed by atoms with Crippen LogP contribution in [0.3, 0.4) is 0 Å². The molecule has 1 fully saturated rings. The number of benzene rings is 1. The van der Waals surface area contributed by atoms with Crippen molar-refractivity contribution < 1.29 is 14.3 Å². The van der Waals surface area contributed by atoms with Crippen LogP contribution in [0.5, 0.6) is 5.75 Å². The highest BCUT2D eigenvalue weighted by molar-refractivity contribution is 9.10. The molecular weight excluding hydrogens is 378 g/mol. The number of nitrogens with one attached hydrogen (secondary N) is 2. The number of fused-ring (bicyclic) bond motifs is 1. The normalized spacial score (nSPS) is 16.1. The quantitative estimate of drug-likeness (QED) is 0.825. The van der Waals surface area contributed by atoms with E-state index in [1.807, 2.05) is 4.57 Å². The van der Waals surface area contributed by atoms with Crippen LogP contribution in [0.2, 0.25) is 0 Å². The Balaban J connectivity index is 1.55. The molecular formula is C15H14BrN5O3. The predicted octanol–water partition coefficient (Wildman–Crippen LogP) is 1.64. The highest BCUT2D eigenvalue weighted by atomic mass is 79.9. The van der Waals surface area contributed by atoms with E-state index in [1.54, 1.807) is 18.5 Å². The summed E-state index contributed by atoms with van der Waals surface area (Å²) < 4.78 is 8.05. The number of halogens is 1. The van der Waals surface area contributed by atoms with Gasteiger partial charge in [-0.05, 0) is 25.0 Å². The molecule has 124 valence electrons. The van der Waals surface area contributed by atoms with Crippen LogP contribution in [0.15, 0.2) is 22.9 Å². The van der Waals surface area contributed by atoms with Gasteiger partial charge in [0.2, 0.25) is 0 Å². The van der Waals surface area contributed by atoms with Crippen molar-refractivity contribution in [3.63, 3.8) is 0 Å². The van der Waals surface area contributed by atoms with Crippen LogP contribution < -0.4 is 15.4 Å². The minimum Gasteiger partial charge on any atom is -0.482 e. The van der Waals surface area contributed by atoms with E-state index in [9.17, 15) is 9.59 Å². The number of nitrogens with zero attached hydrogens (tertiary/aromatic N) is 3. The predicted molar refractivity (Wildman–Crippen MR) is 87.7 cm³/mol. The number of anilines is 1. The second-order valence-electron chi connectivity index (χ2n) is 5.73. The van der Waals surface area contributed by atoms with Gasteiger partial charge in [0.05, 0.1) is 17.8 Å². The van der Waals surface area contributed by atoms with E-state index in [4.69, 9.17) is 4.74 Å². The Bertz CT molecular complexity index is 831. The van der Waals surface area contributed by atoms with E-state index in [-0.39, 0.29) is 25.0 Å². The summed E-state index contributed by atoms with van der Waals surface area (Å²) in [5, 5.41) is 13.5. The maximum atomic E-state index is 12.6. The number of amides is 2. The van der Waals surface area contributed by atoms with E-state index in [2.05, 4.69) is 36.8 Å². The third-order valence-electron chi connectivity index (χ3n) is 3.93. The lowest BCUT2D eigenvalue weighted by molar-refractivity contribution is -0.118. The number of carbonyl (C=O) groups is 2. The van der Waals surface area contributed by atoms with Crippen LogP contribution in [0, 0.1) is 0 Å². The molecule has 24 heavy (non-hydrogen) atoms. The van der Waals surface area contributed by atoms with E-state index < -0.39 is 0 Å². The molecule has 2 N–H and O–H groups in total. The topological polar surface area (TPSA) is 98.1 Å². The number of hydrogen-bond donors (Lipinski definition) is 2. The smallest absolute Gasteiger partial charge is 0.262 e. The lowest BCUT2D eigenvalue weighted by Gasteiger charge is -2.21. The second kappa shape index (κ2) is 5.90. The van der Waals surface area contributed by atoms with Crippen LogP contribution in [0.4, 0.5) is 5.69 Å². The summed E-state index contributed by atoms with van der Waals surface area (Å²) in [6.07, 6.45) is 3.91. The van der Waals surface area contributed by atoms with Crippen LogP contribution in [0.1, 0.15) is 35.1 Å². The van der Waals surface area contributed by atoms with Crippen molar-refractivity contribution in [3.05, 3.63) is 34.3 Å². The van der Waals surface area contributed by atoms with Gasteiger partial charge in [0.1, 0.15) is 12.1 Å². The maximum Gasteiger partial charge on any atom is 0.262 e. The van der Waals surface area contributed by atoms with Crippen molar-refractivity contribution in [1.82, 2.24) is 20.1 Å². The zero-order valence-corrected chi connectivity index (χ0v) is 14.2. The summed E-state index contributed by atoms with van der Waals surface area (Å²) >= 11 is 3.35. The summed E-state index contributed by atoms with van der Waals surface area (Å²) in [7, 11) is 0. The molecule has 1 aliphatic heterocycles. The van der Waals surface area contributed by atoms with Crippen molar-refractivity contribution in [3.8, 4) is 5.75 Å². The van der Waals surface area contributed by atoms with Crippen molar-refractivity contribution in [2.45, 2.75) is 25.4 Å². The van der Waals surface area contributed by atoms with Crippen molar-refractivity contribution >= 4 is 33.4 Å². The number of aromatic nitrogens is 3. The molecule has 9 heteroatoms. The van der Waals surface area contributed by atoms with E-state index >= 15 is 0 Å². The molecule has 4 rings (SSSR count). The summed E-state index contributed by atoms with van der Waals surface area (Å²) in [6.45, 7) is 0.209. The molecule has 0 unspecified atom stereocenters. The lowest BCUT2D eigenvalue weighted by atomic mass is 10.1. The fraction of sp³-hybridized carbons (Fsp3) is 0.333. The Morgan fingerprint density at radius 2 is 2.29 bits per heavy atom. The molecule has 0 radical (unpaired) electrons. The average molecular weight is 392 g/mol. The molecule has 1 aromatic carbocycles. The molecule has 2 heterocycles. The van der Waals surface area contributed by atoms with Crippen LogP contribution in [-0.2, 0) is 11.3 Å². The number of carbonyl (C=O) groups excluding carboxylic acids is 2. The molecule has 2 aromatic rings. The summed E-state index contributed by atoms with van der Waals surface area (Å²) in [4.78, 5) is 24.1. The first-order valence-electron chi connectivity index (χ1n) is 7.54. The van der Waals surface area contributed by atoms with E-state index in [0.717, 1.165) is 18.7 Å². The van der Waals surface area contributed by atoms with Crippen LogP contribution in [0.25, 0.3) is 0 Å². The van der Waals surface area contributed by atoms with Crippen molar-refractivity contribution in [2.24, 2.45) is 0 Å². The maximum absolute atomic E-state index is 12.6. The van der Waals surface area contributed by atoms with Crippen molar-refractivity contribution in [2.75, 3.05) is 11.9 Å². The number of rotatable bonds is 4. The molecule has 1 aliphatic carbocycles. The van der Waals surface area contributed by atoms with Gasteiger partial charge in [-0.25, -0.2) is 0 Å². The fourth-order valence-electron chi connectivity index (χ4n) is 2.63. The first kappa shape index (κ1) is 15.1. The van der Waals surface area contributed by atoms with E-state index in [1.165, 1.54) is 0 Å². The third kappa shape index (κ3) is 2.86. The van der Waals surface area contributed by atoms with Gasteiger partial charge in [-0.2, -0.15) is 0 Å². The lowest BCUT2D eigenvalue weighted by Crippen LogP contribution is -2.30. The Hall–Kier alpha value is -2.42. The Morgan fingerprint density at radius 1 is 1.46 bits per heavy atom. The average Bonchev–Trinajstić information content (AvgIpc) is 3.30. The molecule has 2 aliphatic rings. The molecule has 8 nitrogen and oxygen atoms in total. The molecule has 1 saturated carbocycles. The van der Waals surface area contributed by atoms with E-state index in [0.29, 0.717) is 27.5 Å². The minimum absolute atomic E-state index is 0.0605. The van der Waals surface area contributed by atoms with Gasteiger partial charge in [-0.3, -0.25) is 9.59 Å². The monoisotopic (exact) mass is 391 g/mol. The van der Waals surface area contributed by atoms with Gasteiger partial charge in [0.15, 0.2) is 12.4 Å². The molecule has 1 aromatic heterocycles. The molecule has 2 amide bonds. The highest BCUT2D eigenvalue weighted by Gasteiger charge is 2.27. The van der Waals surface area contributed by atoms with Gasteiger partial charge in [0, 0.05) is 10.5 Å². The second-order valence-corrected chi connectivity index (χ2v) is 6.65. The Morgan fingerprint density at radius 3 is 3.08 bits per heavy atom. The van der Waals surface area contributed by atoms with Gasteiger partial charge >= 0.3 is 0 Å². The van der Waals surface area contributed by atoms with Crippen LogP contribution in [-0.4, -0.2) is 33.2 Å². The highest BCUT2D eigenvalue weighted by Crippen LogP contribution is 2.36. The zero-order chi connectivity index (χ0) is 16.7. The summed E-state index contributed by atoms with van der Waals surface area (Å²) in [6, 6.07) is 3.81. The molecule has 0 bridgehead atoms. The summed E-state index contributed by atoms with van der Waals surface area (Å²) in [5.74, 6) is 0.585. The SMILES string of the molecule is O=C1COc2cc(Br)cc(C(=O)NCc3nncn3C3CC3)c2N1. The molecule has 0 spiro atoms. The van der Waals surface area contributed by atoms with Gasteiger partial charge in [-0.1, -0.05) is 15.9 Å². The first-order chi connectivity index (χ1) is 11.6. The van der Waals surface area contributed by atoms with Crippen LogP contribution >= 0.6 is 15.9 Å². The zero-order valence-electron chi connectivity index (χ0n) is 12.6. The Labute approximate surface area is 145 Å².